The van der Waals surface area contributed by atoms with Crippen LogP contribution >= 0.6 is 0 Å². The van der Waals surface area contributed by atoms with Crippen molar-refractivity contribution in [3.63, 3.8) is 0 Å². The summed E-state index contributed by atoms with van der Waals surface area (Å²) in [5.74, 6) is -0.0172. The number of carbonyl (C=O) groups is 1. The molecule has 4 heteroatoms. The monoisotopic (exact) mass is 146 g/mol. The molecule has 0 heterocycles. The van der Waals surface area contributed by atoms with E-state index in [2.05, 4.69) is 9.72 Å². The molecule has 0 aromatic heterocycles. The Labute approximate surface area is 57.1 Å². The van der Waals surface area contributed by atoms with Crippen molar-refractivity contribution in [2.75, 3.05) is 13.7 Å². The number of hydrogen-bond acceptors (Lipinski definition) is 2. The molecule has 0 saturated carbocycles. The number of carbonyl (C=O) groups excluding carboxylic acids is 1. The van der Waals surface area contributed by atoms with E-state index >= 15 is 0 Å². The van der Waals surface area contributed by atoms with Crippen LogP contribution < -0.4 is 4.98 Å². The van der Waals surface area contributed by atoms with Crippen molar-refractivity contribution >= 4 is 14.9 Å². The van der Waals surface area contributed by atoms with Gasteiger partial charge in [-0.2, -0.15) is 0 Å². The van der Waals surface area contributed by atoms with Crippen molar-refractivity contribution in [2.45, 2.75) is 13.1 Å². The lowest BCUT2D eigenvalue weighted by Gasteiger charge is -2.03. The van der Waals surface area contributed by atoms with Crippen LogP contribution in [0.4, 0.5) is 0 Å². The summed E-state index contributed by atoms with van der Waals surface area (Å²) >= 11 is 0. The van der Waals surface area contributed by atoms with Crippen molar-refractivity contribution in [1.82, 2.24) is 4.98 Å². The fraction of sp³-hybridized carbons (Fsp3) is 0.800. The summed E-state index contributed by atoms with van der Waals surface area (Å²) in [6.07, 6.45) is 0. The van der Waals surface area contributed by atoms with E-state index < -0.39 is 8.96 Å². The maximum absolute atomic E-state index is 10.6. The first-order chi connectivity index (χ1) is 4.16. The molecule has 1 N–H and O–H groups in total. The first kappa shape index (κ1) is 8.65. The highest BCUT2D eigenvalue weighted by Gasteiger charge is 2.01. The summed E-state index contributed by atoms with van der Waals surface area (Å²) in [7, 11) is 0.876. The SMILES string of the molecule is COCC(=O)N[Si](C)C. The van der Waals surface area contributed by atoms with Gasteiger partial charge in [0.05, 0.1) is 0 Å². The molecule has 53 valence electrons. The van der Waals surface area contributed by atoms with Crippen molar-refractivity contribution in [2.24, 2.45) is 0 Å². The number of amides is 1. The molecule has 0 atom stereocenters. The predicted octanol–water partition coefficient (Wildman–Crippen LogP) is 0.0001000. The molecule has 0 aliphatic heterocycles. The Balaban J connectivity index is 3.27. The molecule has 0 aromatic carbocycles. The number of rotatable bonds is 3. The van der Waals surface area contributed by atoms with Crippen molar-refractivity contribution in [3.05, 3.63) is 0 Å². The van der Waals surface area contributed by atoms with Crippen LogP contribution in [0.15, 0.2) is 0 Å². The Kier molecular flexibility index (Phi) is 4.34. The first-order valence-corrected chi connectivity index (χ1v) is 5.25. The molecular weight excluding hydrogens is 134 g/mol. The molecule has 9 heavy (non-hydrogen) atoms. The highest BCUT2D eigenvalue weighted by molar-refractivity contribution is 6.56. The second-order valence-electron chi connectivity index (χ2n) is 1.98. The zero-order chi connectivity index (χ0) is 7.28. The van der Waals surface area contributed by atoms with Gasteiger partial charge >= 0.3 is 0 Å². The largest absolute Gasteiger partial charge is 0.380 e. The molecule has 1 radical (unpaired) electrons. The highest BCUT2D eigenvalue weighted by Crippen LogP contribution is 1.73. The van der Waals surface area contributed by atoms with Crippen LogP contribution in [-0.2, 0) is 9.53 Å². The van der Waals surface area contributed by atoms with Gasteiger partial charge in [0.25, 0.3) is 0 Å². The van der Waals surface area contributed by atoms with Gasteiger partial charge in [-0.3, -0.25) is 4.79 Å². The fourth-order valence-electron chi connectivity index (χ4n) is 0.446. The molecule has 0 aliphatic rings. The van der Waals surface area contributed by atoms with E-state index in [0.717, 1.165) is 0 Å². The Bertz CT molecular complexity index is 95.0. The molecule has 0 saturated heterocycles. The molecule has 0 fully saturated rings. The van der Waals surface area contributed by atoms with Gasteiger partial charge < -0.3 is 9.72 Å². The molecular formula is C5H12NO2Si. The predicted molar refractivity (Wildman–Crippen MR) is 37.5 cm³/mol. The molecule has 0 rings (SSSR count). The molecule has 3 nitrogen and oxygen atoms in total. The third-order valence-corrected chi connectivity index (χ3v) is 1.44. The standard InChI is InChI=1S/C5H12NO2Si/c1-8-4-5(7)6-9(2)3/h4H2,1-3H3,(H,6,7). The Morgan fingerprint density at radius 2 is 2.22 bits per heavy atom. The summed E-state index contributed by atoms with van der Waals surface area (Å²) in [6.45, 7) is 4.20. The molecule has 1 amide bonds. The minimum Gasteiger partial charge on any atom is -0.380 e. The van der Waals surface area contributed by atoms with E-state index in [1.165, 1.54) is 7.11 Å². The van der Waals surface area contributed by atoms with E-state index in [9.17, 15) is 4.79 Å². The van der Waals surface area contributed by atoms with Crippen LogP contribution in [0.25, 0.3) is 0 Å². The van der Waals surface area contributed by atoms with Gasteiger partial charge in [0.1, 0.15) is 6.61 Å². The lowest BCUT2D eigenvalue weighted by atomic mass is 10.7. The minimum absolute atomic E-state index is 0.0172. The molecule has 0 aromatic rings. The third kappa shape index (κ3) is 5.52. The highest BCUT2D eigenvalue weighted by atomic mass is 28.3. The van der Waals surface area contributed by atoms with Crippen LogP contribution in [-0.4, -0.2) is 28.6 Å². The topological polar surface area (TPSA) is 38.3 Å². The van der Waals surface area contributed by atoms with E-state index in [4.69, 9.17) is 0 Å². The second-order valence-corrected chi connectivity index (χ2v) is 4.23. The molecule has 0 spiro atoms. The van der Waals surface area contributed by atoms with Crippen molar-refractivity contribution in [1.29, 1.82) is 0 Å². The summed E-state index contributed by atoms with van der Waals surface area (Å²) in [6, 6.07) is 0. The molecule has 0 unspecified atom stereocenters. The van der Waals surface area contributed by atoms with Crippen LogP contribution in [0.2, 0.25) is 13.1 Å². The van der Waals surface area contributed by atoms with E-state index in [1.54, 1.807) is 0 Å². The van der Waals surface area contributed by atoms with Gasteiger partial charge in [0.2, 0.25) is 5.91 Å². The van der Waals surface area contributed by atoms with Gasteiger partial charge in [-0.15, -0.1) is 0 Å². The van der Waals surface area contributed by atoms with Crippen molar-refractivity contribution < 1.29 is 9.53 Å². The van der Waals surface area contributed by atoms with Crippen molar-refractivity contribution in [3.8, 4) is 0 Å². The summed E-state index contributed by atoms with van der Waals surface area (Å²) in [5.41, 5.74) is 0. The zero-order valence-corrected chi connectivity index (χ0v) is 7.02. The fourth-order valence-corrected chi connectivity index (χ4v) is 1.08. The lowest BCUT2D eigenvalue weighted by Crippen LogP contribution is -2.36. The van der Waals surface area contributed by atoms with Crippen LogP contribution in [0, 0.1) is 0 Å². The minimum atomic E-state index is -0.635. The maximum atomic E-state index is 10.6. The van der Waals surface area contributed by atoms with Crippen LogP contribution in [0.3, 0.4) is 0 Å². The zero-order valence-electron chi connectivity index (χ0n) is 6.02. The molecule has 0 bridgehead atoms. The summed E-state index contributed by atoms with van der Waals surface area (Å²) < 4.78 is 4.61. The summed E-state index contributed by atoms with van der Waals surface area (Å²) in [5, 5.41) is 0. The summed E-state index contributed by atoms with van der Waals surface area (Å²) in [4.78, 5) is 13.4. The Hall–Kier alpha value is -0.353. The number of hydrogen-bond donors (Lipinski definition) is 1. The van der Waals surface area contributed by atoms with Gasteiger partial charge in [0, 0.05) is 7.11 Å². The second kappa shape index (κ2) is 4.52. The average molecular weight is 146 g/mol. The Morgan fingerprint density at radius 3 is 2.56 bits per heavy atom. The van der Waals surface area contributed by atoms with E-state index in [0.29, 0.717) is 0 Å². The van der Waals surface area contributed by atoms with Gasteiger partial charge in [0.15, 0.2) is 8.96 Å². The van der Waals surface area contributed by atoms with Gasteiger partial charge in [-0.1, -0.05) is 13.1 Å². The van der Waals surface area contributed by atoms with E-state index in [-0.39, 0.29) is 12.5 Å². The third-order valence-electron chi connectivity index (χ3n) is 0.665. The molecule has 0 aliphatic carbocycles. The lowest BCUT2D eigenvalue weighted by molar-refractivity contribution is -0.123. The van der Waals surface area contributed by atoms with Crippen LogP contribution in [0.1, 0.15) is 0 Å². The number of nitrogens with one attached hydrogen (secondary N) is 1. The van der Waals surface area contributed by atoms with Gasteiger partial charge in [-0.25, -0.2) is 0 Å². The average Bonchev–Trinajstić information content (AvgIpc) is 1.63. The smallest absolute Gasteiger partial charge is 0.238 e. The number of ether oxygens (including phenoxy) is 1. The normalized spacial score (nSPS) is 9.78. The Morgan fingerprint density at radius 1 is 1.67 bits per heavy atom. The van der Waals surface area contributed by atoms with Gasteiger partial charge in [-0.05, 0) is 0 Å². The number of methoxy groups -OCH3 is 1. The van der Waals surface area contributed by atoms with E-state index in [1.807, 2.05) is 13.1 Å². The quantitative estimate of drug-likeness (QED) is 0.569. The maximum Gasteiger partial charge on any atom is 0.238 e. The first-order valence-electron chi connectivity index (χ1n) is 2.75. The van der Waals surface area contributed by atoms with Crippen LogP contribution in [0.5, 0.6) is 0 Å².